The van der Waals surface area contributed by atoms with Gasteiger partial charge in [0.05, 0.1) is 19.1 Å². The van der Waals surface area contributed by atoms with Gasteiger partial charge in [-0.25, -0.2) is 4.79 Å². The Hall–Kier alpha value is -2.73. The molecule has 0 spiro atoms. The van der Waals surface area contributed by atoms with Crippen LogP contribution in [0.3, 0.4) is 0 Å². The standard InChI is InChI=1S/C19H35N5O7/c1-5-10(4)15(21)18(29)24-13(8-25)17(28)22-11(7-14(20)26)16(27)23-12(19(30)31)6-9(2)3/h9-13,15,25H,5-8,21H2,1-4H3,(H2,20,26)(H,22,28)(H,23,27)(H,24,29)(H,30,31). The quantitative estimate of drug-likeness (QED) is 0.155. The van der Waals surface area contributed by atoms with Gasteiger partial charge in [-0.3, -0.25) is 19.2 Å². The normalized spacial score (nSPS) is 15.8. The smallest absolute Gasteiger partial charge is 0.326 e. The molecule has 0 heterocycles. The lowest BCUT2D eigenvalue weighted by molar-refractivity contribution is -0.143. The Balaban J connectivity index is 5.32. The first-order chi connectivity index (χ1) is 14.3. The molecule has 0 aliphatic rings. The van der Waals surface area contributed by atoms with E-state index in [9.17, 15) is 34.2 Å². The molecule has 0 aromatic carbocycles. The van der Waals surface area contributed by atoms with Crippen LogP contribution >= 0.6 is 0 Å². The van der Waals surface area contributed by atoms with Crippen molar-refractivity contribution in [1.29, 1.82) is 0 Å². The van der Waals surface area contributed by atoms with Gasteiger partial charge in [-0.2, -0.15) is 0 Å². The Morgan fingerprint density at radius 1 is 0.871 bits per heavy atom. The Morgan fingerprint density at radius 3 is 1.77 bits per heavy atom. The molecule has 0 saturated heterocycles. The summed E-state index contributed by atoms with van der Waals surface area (Å²) in [7, 11) is 0. The average Bonchev–Trinajstić information content (AvgIpc) is 2.68. The van der Waals surface area contributed by atoms with Crippen LogP contribution < -0.4 is 27.4 Å². The lowest BCUT2D eigenvalue weighted by Gasteiger charge is -2.25. The molecule has 4 amide bonds. The summed E-state index contributed by atoms with van der Waals surface area (Å²) >= 11 is 0. The third-order valence-electron chi connectivity index (χ3n) is 4.74. The molecular weight excluding hydrogens is 410 g/mol. The summed E-state index contributed by atoms with van der Waals surface area (Å²) in [6, 6.07) is -5.07. The molecule has 0 bridgehead atoms. The molecular formula is C19H35N5O7. The van der Waals surface area contributed by atoms with E-state index < -0.39 is 66.8 Å². The number of aliphatic hydroxyl groups excluding tert-OH is 1. The highest BCUT2D eigenvalue weighted by atomic mass is 16.4. The number of carbonyl (C=O) groups is 5. The molecule has 0 radical (unpaired) electrons. The van der Waals surface area contributed by atoms with E-state index >= 15 is 0 Å². The highest BCUT2D eigenvalue weighted by Gasteiger charge is 2.31. The largest absolute Gasteiger partial charge is 0.480 e. The first-order valence-corrected chi connectivity index (χ1v) is 10.1. The monoisotopic (exact) mass is 445 g/mol. The van der Waals surface area contributed by atoms with Crippen LogP contribution in [-0.2, 0) is 24.0 Å². The highest BCUT2D eigenvalue weighted by Crippen LogP contribution is 2.07. The van der Waals surface area contributed by atoms with Crippen molar-refractivity contribution < 1.29 is 34.2 Å². The number of primary amides is 1. The van der Waals surface area contributed by atoms with E-state index in [1.807, 2.05) is 6.92 Å². The Bertz CT molecular complexity index is 656. The van der Waals surface area contributed by atoms with Gasteiger partial charge in [-0.05, 0) is 18.3 Å². The van der Waals surface area contributed by atoms with Crippen molar-refractivity contribution >= 4 is 29.6 Å². The number of carboxylic acid groups (broad SMARTS) is 1. The van der Waals surface area contributed by atoms with Crippen LogP contribution in [-0.4, -0.2) is 70.6 Å². The van der Waals surface area contributed by atoms with Gasteiger partial charge in [0.15, 0.2) is 0 Å². The summed E-state index contributed by atoms with van der Waals surface area (Å²) in [5, 5.41) is 25.5. The Kier molecular flexibility index (Phi) is 12.4. The average molecular weight is 446 g/mol. The van der Waals surface area contributed by atoms with E-state index in [0.29, 0.717) is 6.42 Å². The Labute approximate surface area is 181 Å². The van der Waals surface area contributed by atoms with Gasteiger partial charge in [0, 0.05) is 0 Å². The fourth-order valence-corrected chi connectivity index (χ4v) is 2.62. The maximum absolute atomic E-state index is 12.5. The van der Waals surface area contributed by atoms with E-state index in [1.165, 1.54) is 0 Å². The molecule has 0 aromatic heterocycles. The topological polar surface area (TPSA) is 214 Å². The third-order valence-corrected chi connectivity index (χ3v) is 4.74. The van der Waals surface area contributed by atoms with E-state index in [0.717, 1.165) is 0 Å². The van der Waals surface area contributed by atoms with Crippen LogP contribution in [0.25, 0.3) is 0 Å². The number of nitrogens with one attached hydrogen (secondary N) is 3. The number of hydrogen-bond acceptors (Lipinski definition) is 7. The lowest BCUT2D eigenvalue weighted by atomic mass is 9.99. The SMILES string of the molecule is CCC(C)C(N)C(=O)NC(CO)C(=O)NC(CC(N)=O)C(=O)NC(CC(C)C)C(=O)O. The number of hydrogen-bond donors (Lipinski definition) is 7. The predicted molar refractivity (Wildman–Crippen MR) is 111 cm³/mol. The van der Waals surface area contributed by atoms with Crippen LogP contribution in [0.2, 0.25) is 0 Å². The van der Waals surface area contributed by atoms with Gasteiger partial charge in [0.25, 0.3) is 0 Å². The first-order valence-electron chi connectivity index (χ1n) is 10.1. The van der Waals surface area contributed by atoms with Gasteiger partial charge in [0.2, 0.25) is 23.6 Å². The van der Waals surface area contributed by atoms with E-state index in [1.54, 1.807) is 20.8 Å². The molecule has 31 heavy (non-hydrogen) atoms. The van der Waals surface area contributed by atoms with Gasteiger partial charge in [-0.15, -0.1) is 0 Å². The number of rotatable bonds is 14. The summed E-state index contributed by atoms with van der Waals surface area (Å²) in [6.07, 6.45) is 0.137. The molecule has 12 heteroatoms. The zero-order valence-corrected chi connectivity index (χ0v) is 18.4. The van der Waals surface area contributed by atoms with Gasteiger partial charge < -0.3 is 37.6 Å². The van der Waals surface area contributed by atoms with Crippen molar-refractivity contribution in [2.24, 2.45) is 23.3 Å². The van der Waals surface area contributed by atoms with E-state index in [2.05, 4.69) is 16.0 Å². The molecule has 178 valence electrons. The maximum Gasteiger partial charge on any atom is 0.326 e. The predicted octanol–water partition coefficient (Wildman–Crippen LogP) is -2.19. The fourth-order valence-electron chi connectivity index (χ4n) is 2.62. The molecule has 5 unspecified atom stereocenters. The highest BCUT2D eigenvalue weighted by molar-refractivity contribution is 5.96. The molecule has 0 saturated carbocycles. The molecule has 9 N–H and O–H groups in total. The van der Waals surface area contributed by atoms with Crippen molar-refractivity contribution in [3.8, 4) is 0 Å². The molecule has 0 aliphatic heterocycles. The third kappa shape index (κ3) is 10.2. The minimum atomic E-state index is -1.49. The van der Waals surface area contributed by atoms with Crippen molar-refractivity contribution in [2.45, 2.75) is 71.1 Å². The van der Waals surface area contributed by atoms with Crippen molar-refractivity contribution in [1.82, 2.24) is 16.0 Å². The van der Waals surface area contributed by atoms with Crippen LogP contribution in [0, 0.1) is 11.8 Å². The molecule has 5 atom stereocenters. The summed E-state index contributed by atoms with van der Waals surface area (Å²) in [5.74, 6) is -4.96. The summed E-state index contributed by atoms with van der Waals surface area (Å²) in [4.78, 5) is 59.9. The second-order valence-electron chi connectivity index (χ2n) is 7.92. The summed E-state index contributed by atoms with van der Waals surface area (Å²) in [5.41, 5.74) is 10.9. The number of carbonyl (C=O) groups excluding carboxylic acids is 4. The number of nitrogens with two attached hydrogens (primary N) is 2. The Morgan fingerprint density at radius 2 is 1.35 bits per heavy atom. The zero-order chi connectivity index (χ0) is 24.3. The van der Waals surface area contributed by atoms with E-state index in [4.69, 9.17) is 11.5 Å². The van der Waals surface area contributed by atoms with Gasteiger partial charge >= 0.3 is 5.97 Å². The van der Waals surface area contributed by atoms with Crippen molar-refractivity contribution in [3.05, 3.63) is 0 Å². The summed E-state index contributed by atoms with van der Waals surface area (Å²) < 4.78 is 0. The summed E-state index contributed by atoms with van der Waals surface area (Å²) in [6.45, 7) is 6.33. The lowest BCUT2D eigenvalue weighted by Crippen LogP contribution is -2.59. The molecule has 0 aliphatic carbocycles. The molecule has 0 aromatic rings. The second-order valence-corrected chi connectivity index (χ2v) is 7.92. The maximum atomic E-state index is 12.5. The van der Waals surface area contributed by atoms with Crippen LogP contribution in [0.5, 0.6) is 0 Å². The van der Waals surface area contributed by atoms with E-state index in [-0.39, 0.29) is 18.3 Å². The van der Waals surface area contributed by atoms with Gasteiger partial charge in [0.1, 0.15) is 18.1 Å². The minimum Gasteiger partial charge on any atom is -0.480 e. The molecule has 12 nitrogen and oxygen atoms in total. The van der Waals surface area contributed by atoms with Crippen LogP contribution in [0.4, 0.5) is 0 Å². The van der Waals surface area contributed by atoms with Crippen LogP contribution in [0.15, 0.2) is 0 Å². The fraction of sp³-hybridized carbons (Fsp3) is 0.737. The zero-order valence-electron chi connectivity index (χ0n) is 18.4. The number of amides is 4. The molecule has 0 rings (SSSR count). The molecule has 0 fully saturated rings. The second kappa shape index (κ2) is 13.5. The van der Waals surface area contributed by atoms with Crippen LogP contribution in [0.1, 0.15) is 47.0 Å². The minimum absolute atomic E-state index is 0.0470. The number of carboxylic acids is 1. The number of aliphatic carboxylic acids is 1. The first kappa shape index (κ1) is 28.3. The van der Waals surface area contributed by atoms with Crippen molar-refractivity contribution in [3.63, 3.8) is 0 Å². The number of aliphatic hydroxyl groups is 1. The van der Waals surface area contributed by atoms with Crippen molar-refractivity contribution in [2.75, 3.05) is 6.61 Å². The van der Waals surface area contributed by atoms with Gasteiger partial charge in [-0.1, -0.05) is 34.1 Å².